The van der Waals surface area contributed by atoms with E-state index in [1.807, 2.05) is 6.20 Å². The Balaban J connectivity index is 2.07. The first-order valence-electron chi connectivity index (χ1n) is 7.49. The van der Waals surface area contributed by atoms with Crippen LogP contribution in [-0.2, 0) is 6.42 Å². The molecule has 0 radical (unpaired) electrons. The lowest BCUT2D eigenvalue weighted by molar-refractivity contribution is 0.474. The first kappa shape index (κ1) is 13.2. The van der Waals surface area contributed by atoms with Gasteiger partial charge in [-0.3, -0.25) is 0 Å². The maximum atomic E-state index is 4.63. The normalized spacial score (nSPS) is 22.1. The molecule has 2 heterocycles. The van der Waals surface area contributed by atoms with E-state index in [4.69, 9.17) is 0 Å². The van der Waals surface area contributed by atoms with Crippen LogP contribution in [-0.4, -0.2) is 9.55 Å². The Bertz CT molecular complexity index is 622. The summed E-state index contributed by atoms with van der Waals surface area (Å²) >= 11 is 0. The summed E-state index contributed by atoms with van der Waals surface area (Å²) in [5.41, 5.74) is 4.04. The number of rotatable bonds is 3. The minimum Gasteiger partial charge on any atom is -0.321 e. The summed E-state index contributed by atoms with van der Waals surface area (Å²) in [4.78, 5) is 4.63. The number of hydrogen-bond acceptors (Lipinski definition) is 1. The monoisotopic (exact) mass is 266 g/mol. The molecule has 1 aliphatic rings. The lowest BCUT2D eigenvalue weighted by atomic mass is 9.95. The van der Waals surface area contributed by atoms with Crippen molar-refractivity contribution in [2.75, 3.05) is 0 Å². The SMILES string of the molecule is CC/C(C)=C\c1cnc2n1C(c1ccccc1)C(C)C2. The highest BCUT2D eigenvalue weighted by Gasteiger charge is 2.32. The van der Waals surface area contributed by atoms with E-state index in [0.717, 1.165) is 12.8 Å². The second kappa shape index (κ2) is 5.28. The highest BCUT2D eigenvalue weighted by Crippen LogP contribution is 2.37. The number of fused-ring (bicyclic) bond motifs is 1. The molecule has 0 amide bonds. The van der Waals surface area contributed by atoms with Crippen LogP contribution in [0.1, 0.15) is 50.3 Å². The highest BCUT2D eigenvalue weighted by atomic mass is 15.1. The van der Waals surface area contributed by atoms with Crippen molar-refractivity contribution in [3.05, 3.63) is 59.2 Å². The fourth-order valence-corrected chi connectivity index (χ4v) is 3.13. The maximum absolute atomic E-state index is 4.63. The molecule has 2 unspecified atom stereocenters. The summed E-state index contributed by atoms with van der Waals surface area (Å²) in [5, 5.41) is 0. The molecule has 0 spiro atoms. The second-order valence-electron chi connectivity index (χ2n) is 5.85. The number of benzene rings is 1. The molecule has 1 aliphatic heterocycles. The fourth-order valence-electron chi connectivity index (χ4n) is 3.13. The number of allylic oxidation sites excluding steroid dienone is 1. The van der Waals surface area contributed by atoms with Crippen molar-refractivity contribution in [1.82, 2.24) is 9.55 Å². The van der Waals surface area contributed by atoms with Gasteiger partial charge >= 0.3 is 0 Å². The summed E-state index contributed by atoms with van der Waals surface area (Å²) in [5.74, 6) is 1.83. The second-order valence-corrected chi connectivity index (χ2v) is 5.85. The van der Waals surface area contributed by atoms with E-state index < -0.39 is 0 Å². The molecule has 1 aromatic carbocycles. The van der Waals surface area contributed by atoms with E-state index in [0.29, 0.717) is 12.0 Å². The average Bonchev–Trinajstić information content (AvgIpc) is 2.98. The molecule has 0 aliphatic carbocycles. The minimum absolute atomic E-state index is 0.421. The molecule has 0 saturated carbocycles. The Morgan fingerprint density at radius 2 is 2.10 bits per heavy atom. The van der Waals surface area contributed by atoms with Gasteiger partial charge in [-0.1, -0.05) is 49.8 Å². The molecule has 2 atom stereocenters. The Kier molecular flexibility index (Phi) is 3.47. The van der Waals surface area contributed by atoms with Crippen LogP contribution in [0, 0.1) is 5.92 Å². The third-order valence-electron chi connectivity index (χ3n) is 4.32. The summed E-state index contributed by atoms with van der Waals surface area (Å²) in [7, 11) is 0. The molecule has 2 aromatic rings. The van der Waals surface area contributed by atoms with Gasteiger partial charge in [0.05, 0.1) is 17.9 Å². The van der Waals surface area contributed by atoms with Crippen LogP contribution in [0.4, 0.5) is 0 Å². The van der Waals surface area contributed by atoms with Crippen LogP contribution in [0.2, 0.25) is 0 Å². The molecule has 3 rings (SSSR count). The van der Waals surface area contributed by atoms with Gasteiger partial charge in [0, 0.05) is 6.42 Å². The molecule has 0 fully saturated rings. The molecular formula is C18H22N2. The van der Waals surface area contributed by atoms with Crippen molar-refractivity contribution in [3.63, 3.8) is 0 Å². The lowest BCUT2D eigenvalue weighted by Gasteiger charge is -2.20. The van der Waals surface area contributed by atoms with Crippen molar-refractivity contribution in [3.8, 4) is 0 Å². The van der Waals surface area contributed by atoms with Crippen molar-refractivity contribution < 1.29 is 0 Å². The first-order chi connectivity index (χ1) is 9.70. The first-order valence-corrected chi connectivity index (χ1v) is 7.49. The van der Waals surface area contributed by atoms with Crippen LogP contribution in [0.25, 0.3) is 6.08 Å². The lowest BCUT2D eigenvalue weighted by Crippen LogP contribution is -2.13. The number of aromatic nitrogens is 2. The largest absolute Gasteiger partial charge is 0.321 e. The Labute approximate surface area is 121 Å². The van der Waals surface area contributed by atoms with Gasteiger partial charge in [-0.25, -0.2) is 4.98 Å². The van der Waals surface area contributed by atoms with Gasteiger partial charge in [0.15, 0.2) is 0 Å². The van der Waals surface area contributed by atoms with Crippen molar-refractivity contribution >= 4 is 6.08 Å². The molecule has 1 aromatic heterocycles. The van der Waals surface area contributed by atoms with Gasteiger partial charge in [-0.05, 0) is 30.9 Å². The van der Waals surface area contributed by atoms with E-state index in [9.17, 15) is 0 Å². The molecule has 2 nitrogen and oxygen atoms in total. The summed E-state index contributed by atoms with van der Waals surface area (Å²) in [6, 6.07) is 11.2. The molecule has 0 N–H and O–H groups in total. The number of nitrogens with zero attached hydrogens (tertiary/aromatic N) is 2. The van der Waals surface area contributed by atoms with Gasteiger partial charge in [-0.2, -0.15) is 0 Å². The van der Waals surface area contributed by atoms with E-state index >= 15 is 0 Å². The molecule has 2 heteroatoms. The summed E-state index contributed by atoms with van der Waals surface area (Å²) in [6.07, 6.45) is 6.46. The molecular weight excluding hydrogens is 244 g/mol. The maximum Gasteiger partial charge on any atom is 0.110 e. The standard InChI is InChI=1S/C18H22N2/c1-4-13(2)10-16-12-19-17-11-14(3)18(20(16)17)15-8-6-5-7-9-15/h5-10,12,14,18H,4,11H2,1-3H3/b13-10-. The third kappa shape index (κ3) is 2.20. The third-order valence-corrected chi connectivity index (χ3v) is 4.32. The van der Waals surface area contributed by atoms with Gasteiger partial charge in [0.2, 0.25) is 0 Å². The fraction of sp³-hybridized carbons (Fsp3) is 0.389. The van der Waals surface area contributed by atoms with E-state index in [1.165, 1.54) is 22.7 Å². The zero-order valence-electron chi connectivity index (χ0n) is 12.5. The molecule has 20 heavy (non-hydrogen) atoms. The molecule has 0 saturated heterocycles. The van der Waals surface area contributed by atoms with Crippen LogP contribution in [0.5, 0.6) is 0 Å². The highest BCUT2D eigenvalue weighted by molar-refractivity contribution is 5.50. The van der Waals surface area contributed by atoms with Gasteiger partial charge in [0.25, 0.3) is 0 Å². The smallest absolute Gasteiger partial charge is 0.110 e. The molecule has 0 bridgehead atoms. The summed E-state index contributed by atoms with van der Waals surface area (Å²) in [6.45, 7) is 6.72. The van der Waals surface area contributed by atoms with Gasteiger partial charge in [-0.15, -0.1) is 0 Å². The number of imidazole rings is 1. The zero-order chi connectivity index (χ0) is 14.1. The van der Waals surface area contributed by atoms with Crippen molar-refractivity contribution in [2.24, 2.45) is 5.92 Å². The van der Waals surface area contributed by atoms with Gasteiger partial charge < -0.3 is 4.57 Å². The van der Waals surface area contributed by atoms with Crippen LogP contribution >= 0.6 is 0 Å². The Morgan fingerprint density at radius 1 is 1.35 bits per heavy atom. The Morgan fingerprint density at radius 3 is 2.80 bits per heavy atom. The summed E-state index contributed by atoms with van der Waals surface area (Å²) < 4.78 is 2.43. The predicted molar refractivity (Wildman–Crippen MR) is 83.6 cm³/mol. The van der Waals surface area contributed by atoms with Crippen LogP contribution in [0.3, 0.4) is 0 Å². The quantitative estimate of drug-likeness (QED) is 0.801. The predicted octanol–water partition coefficient (Wildman–Crippen LogP) is 4.48. The molecule has 104 valence electrons. The van der Waals surface area contributed by atoms with Crippen molar-refractivity contribution in [2.45, 2.75) is 39.7 Å². The topological polar surface area (TPSA) is 17.8 Å². The van der Waals surface area contributed by atoms with Crippen molar-refractivity contribution in [1.29, 1.82) is 0 Å². The Hall–Kier alpha value is -1.83. The van der Waals surface area contributed by atoms with E-state index in [-0.39, 0.29) is 0 Å². The van der Waals surface area contributed by atoms with Crippen LogP contribution < -0.4 is 0 Å². The van der Waals surface area contributed by atoms with Crippen LogP contribution in [0.15, 0.2) is 42.1 Å². The average molecular weight is 266 g/mol. The van der Waals surface area contributed by atoms with E-state index in [1.54, 1.807) is 0 Å². The van der Waals surface area contributed by atoms with Gasteiger partial charge in [0.1, 0.15) is 5.82 Å². The zero-order valence-corrected chi connectivity index (χ0v) is 12.5. The minimum atomic E-state index is 0.421. The number of hydrogen-bond donors (Lipinski definition) is 0. The van der Waals surface area contributed by atoms with E-state index in [2.05, 4.69) is 66.7 Å².